The summed E-state index contributed by atoms with van der Waals surface area (Å²) in [7, 11) is 0. The molecule has 0 unspecified atom stereocenters. The SMILES string of the molecule is CCN(CC(=O)O)C1CCN(C(=O)C2CCCCCCC2)CC1. The number of hydrogen-bond donors (Lipinski definition) is 1. The Bertz CT molecular complexity index is 384. The lowest BCUT2D eigenvalue weighted by Gasteiger charge is -2.38. The Labute approximate surface area is 140 Å². The molecule has 0 atom stereocenters. The molecule has 0 bridgehead atoms. The van der Waals surface area contributed by atoms with Gasteiger partial charge in [-0.05, 0) is 32.2 Å². The topological polar surface area (TPSA) is 60.9 Å². The molecular weight excluding hydrogens is 292 g/mol. The zero-order chi connectivity index (χ0) is 16.7. The summed E-state index contributed by atoms with van der Waals surface area (Å²) in [5, 5.41) is 9.00. The van der Waals surface area contributed by atoms with Gasteiger partial charge in [-0.15, -0.1) is 0 Å². The molecule has 1 aliphatic heterocycles. The van der Waals surface area contributed by atoms with Gasteiger partial charge in [0.05, 0.1) is 6.54 Å². The van der Waals surface area contributed by atoms with Crippen molar-refractivity contribution in [2.75, 3.05) is 26.2 Å². The molecule has 23 heavy (non-hydrogen) atoms. The van der Waals surface area contributed by atoms with Gasteiger partial charge >= 0.3 is 5.97 Å². The highest BCUT2D eigenvalue weighted by Crippen LogP contribution is 2.26. The summed E-state index contributed by atoms with van der Waals surface area (Å²) in [6.45, 7) is 4.45. The molecule has 132 valence electrons. The summed E-state index contributed by atoms with van der Waals surface area (Å²) in [5.74, 6) is -0.181. The first-order chi connectivity index (χ1) is 11.1. The van der Waals surface area contributed by atoms with E-state index in [2.05, 4.69) is 0 Å². The second kappa shape index (κ2) is 9.26. The number of likely N-dealkylation sites (tertiary alicyclic amines) is 1. The van der Waals surface area contributed by atoms with Crippen molar-refractivity contribution in [2.45, 2.75) is 70.8 Å². The summed E-state index contributed by atoms with van der Waals surface area (Å²) in [6.07, 6.45) is 10.2. The molecule has 1 amide bonds. The average molecular weight is 324 g/mol. The van der Waals surface area contributed by atoms with Crippen LogP contribution in [0.15, 0.2) is 0 Å². The third kappa shape index (κ3) is 5.48. The van der Waals surface area contributed by atoms with Gasteiger partial charge in [-0.3, -0.25) is 14.5 Å². The van der Waals surface area contributed by atoms with Crippen molar-refractivity contribution in [3.05, 3.63) is 0 Å². The van der Waals surface area contributed by atoms with E-state index in [1.807, 2.05) is 16.7 Å². The van der Waals surface area contributed by atoms with Gasteiger partial charge in [0, 0.05) is 25.0 Å². The molecular formula is C18H32N2O3. The van der Waals surface area contributed by atoms with E-state index in [-0.39, 0.29) is 12.5 Å². The van der Waals surface area contributed by atoms with E-state index >= 15 is 0 Å². The largest absolute Gasteiger partial charge is 0.480 e. The quantitative estimate of drug-likeness (QED) is 0.845. The maximum Gasteiger partial charge on any atom is 0.317 e. The van der Waals surface area contributed by atoms with Crippen molar-refractivity contribution in [1.29, 1.82) is 0 Å². The fourth-order valence-corrected chi connectivity index (χ4v) is 4.09. The predicted octanol–water partition coefficient (Wildman–Crippen LogP) is 2.74. The van der Waals surface area contributed by atoms with Gasteiger partial charge in [-0.1, -0.05) is 39.0 Å². The highest BCUT2D eigenvalue weighted by molar-refractivity contribution is 5.79. The van der Waals surface area contributed by atoms with Crippen LogP contribution < -0.4 is 0 Å². The van der Waals surface area contributed by atoms with Gasteiger partial charge in [0.2, 0.25) is 5.91 Å². The van der Waals surface area contributed by atoms with E-state index in [4.69, 9.17) is 5.11 Å². The van der Waals surface area contributed by atoms with Gasteiger partial charge in [0.15, 0.2) is 0 Å². The molecule has 0 spiro atoms. The molecule has 5 nitrogen and oxygen atoms in total. The Balaban J connectivity index is 1.82. The van der Waals surface area contributed by atoms with E-state index in [1.165, 1.54) is 32.1 Å². The van der Waals surface area contributed by atoms with E-state index in [0.717, 1.165) is 45.3 Å². The molecule has 1 N–H and O–H groups in total. The first-order valence-corrected chi connectivity index (χ1v) is 9.36. The Morgan fingerprint density at radius 1 is 1.00 bits per heavy atom. The number of rotatable bonds is 5. The number of amides is 1. The smallest absolute Gasteiger partial charge is 0.317 e. The third-order valence-corrected chi connectivity index (χ3v) is 5.49. The molecule has 0 aromatic rings. The molecule has 0 radical (unpaired) electrons. The molecule has 2 fully saturated rings. The Morgan fingerprint density at radius 2 is 1.57 bits per heavy atom. The van der Waals surface area contributed by atoms with Crippen LogP contribution in [0.5, 0.6) is 0 Å². The Morgan fingerprint density at radius 3 is 2.09 bits per heavy atom. The number of piperidine rings is 1. The van der Waals surface area contributed by atoms with Crippen LogP contribution in [-0.4, -0.2) is 59.0 Å². The fourth-order valence-electron chi connectivity index (χ4n) is 4.09. The zero-order valence-corrected chi connectivity index (χ0v) is 14.5. The molecule has 0 aromatic carbocycles. The molecule has 1 heterocycles. The molecule has 2 rings (SSSR count). The van der Waals surface area contributed by atoms with Crippen LogP contribution in [0.4, 0.5) is 0 Å². The third-order valence-electron chi connectivity index (χ3n) is 5.49. The normalized spacial score (nSPS) is 21.9. The number of nitrogens with zero attached hydrogens (tertiary/aromatic N) is 2. The van der Waals surface area contributed by atoms with E-state index in [1.54, 1.807) is 0 Å². The monoisotopic (exact) mass is 324 g/mol. The van der Waals surface area contributed by atoms with Crippen LogP contribution in [0, 0.1) is 5.92 Å². The van der Waals surface area contributed by atoms with Gasteiger partial charge < -0.3 is 10.0 Å². The van der Waals surface area contributed by atoms with E-state index in [0.29, 0.717) is 11.9 Å². The van der Waals surface area contributed by atoms with Crippen molar-refractivity contribution >= 4 is 11.9 Å². The summed E-state index contributed by atoms with van der Waals surface area (Å²) in [4.78, 5) is 27.8. The van der Waals surface area contributed by atoms with Crippen molar-refractivity contribution in [3.8, 4) is 0 Å². The van der Waals surface area contributed by atoms with Gasteiger partial charge in [-0.25, -0.2) is 0 Å². The predicted molar refractivity (Wildman–Crippen MR) is 90.3 cm³/mol. The number of carbonyl (C=O) groups is 2. The van der Waals surface area contributed by atoms with Crippen LogP contribution in [0.3, 0.4) is 0 Å². The minimum Gasteiger partial charge on any atom is -0.480 e. The zero-order valence-electron chi connectivity index (χ0n) is 14.5. The summed E-state index contributed by atoms with van der Waals surface area (Å²) in [6, 6.07) is 0.303. The van der Waals surface area contributed by atoms with Crippen LogP contribution in [0.1, 0.15) is 64.7 Å². The minimum absolute atomic E-state index is 0.109. The Hall–Kier alpha value is -1.10. The second-order valence-electron chi connectivity index (χ2n) is 7.06. The number of aliphatic carboxylic acids is 1. The molecule has 2 aliphatic rings. The highest BCUT2D eigenvalue weighted by atomic mass is 16.4. The molecule has 0 aromatic heterocycles. The fraction of sp³-hybridized carbons (Fsp3) is 0.889. The lowest BCUT2D eigenvalue weighted by molar-refractivity contribution is -0.141. The van der Waals surface area contributed by atoms with Crippen LogP contribution in [-0.2, 0) is 9.59 Å². The summed E-state index contributed by atoms with van der Waals surface area (Å²) >= 11 is 0. The minimum atomic E-state index is -0.764. The maximum absolute atomic E-state index is 12.8. The molecule has 1 saturated carbocycles. The van der Waals surface area contributed by atoms with Crippen molar-refractivity contribution in [1.82, 2.24) is 9.80 Å². The molecule has 1 saturated heterocycles. The van der Waals surface area contributed by atoms with Gasteiger partial charge in [-0.2, -0.15) is 0 Å². The van der Waals surface area contributed by atoms with Crippen molar-refractivity contribution in [3.63, 3.8) is 0 Å². The standard InChI is InChI=1S/C18H32N2O3/c1-2-19(14-17(21)22)16-10-12-20(13-11-16)18(23)15-8-6-4-3-5-7-9-15/h15-16H,2-14H2,1H3,(H,21,22). The first-order valence-electron chi connectivity index (χ1n) is 9.36. The second-order valence-corrected chi connectivity index (χ2v) is 7.06. The number of carboxylic acids is 1. The molecule has 1 aliphatic carbocycles. The Kier molecular flexibility index (Phi) is 7.34. The number of likely N-dealkylation sites (N-methyl/N-ethyl adjacent to an activating group) is 1. The van der Waals surface area contributed by atoms with Crippen molar-refractivity contribution < 1.29 is 14.7 Å². The number of carboxylic acid groups (broad SMARTS) is 1. The van der Waals surface area contributed by atoms with Crippen LogP contribution >= 0.6 is 0 Å². The highest BCUT2D eigenvalue weighted by Gasteiger charge is 2.30. The maximum atomic E-state index is 12.8. The number of carbonyl (C=O) groups excluding carboxylic acids is 1. The average Bonchev–Trinajstić information content (AvgIpc) is 2.52. The molecule has 5 heteroatoms. The summed E-state index contributed by atoms with van der Waals surface area (Å²) in [5.41, 5.74) is 0. The lowest BCUT2D eigenvalue weighted by atomic mass is 9.89. The van der Waals surface area contributed by atoms with Crippen LogP contribution in [0.2, 0.25) is 0 Å². The van der Waals surface area contributed by atoms with E-state index in [9.17, 15) is 9.59 Å². The van der Waals surface area contributed by atoms with Crippen molar-refractivity contribution in [2.24, 2.45) is 5.92 Å². The number of hydrogen-bond acceptors (Lipinski definition) is 3. The lowest BCUT2D eigenvalue weighted by Crippen LogP contribution is -2.49. The first kappa shape index (κ1) is 18.2. The van der Waals surface area contributed by atoms with Gasteiger partial charge in [0.1, 0.15) is 0 Å². The summed E-state index contributed by atoms with van der Waals surface area (Å²) < 4.78 is 0. The van der Waals surface area contributed by atoms with Crippen LogP contribution in [0.25, 0.3) is 0 Å². The van der Waals surface area contributed by atoms with Gasteiger partial charge in [0.25, 0.3) is 0 Å². The van der Waals surface area contributed by atoms with E-state index < -0.39 is 5.97 Å².